The normalized spacial score (nSPS) is 27.1. The second-order valence-corrected chi connectivity index (χ2v) is 10.3. The van der Waals surface area contributed by atoms with Gasteiger partial charge < -0.3 is 15.0 Å². The van der Waals surface area contributed by atoms with Crippen LogP contribution in [0.2, 0.25) is 0 Å². The number of nitriles is 1. The van der Waals surface area contributed by atoms with Gasteiger partial charge in [0.2, 0.25) is 0 Å². The molecule has 6 rings (SSSR count). The first-order valence-corrected chi connectivity index (χ1v) is 12.4. The molecule has 176 valence electrons. The van der Waals surface area contributed by atoms with Gasteiger partial charge in [0.1, 0.15) is 6.07 Å². The molecular formula is C26H31N7O. The number of ether oxygens (including phenoxy) is 1. The maximum atomic E-state index is 9.80. The van der Waals surface area contributed by atoms with Gasteiger partial charge >= 0.3 is 0 Å². The lowest BCUT2D eigenvalue weighted by Gasteiger charge is -2.27. The Morgan fingerprint density at radius 2 is 2.03 bits per heavy atom. The highest BCUT2D eigenvalue weighted by molar-refractivity contribution is 5.83. The van der Waals surface area contributed by atoms with E-state index in [0.717, 1.165) is 54.4 Å². The first kappa shape index (κ1) is 21.5. The molecule has 4 atom stereocenters. The molecule has 4 heterocycles. The lowest BCUT2D eigenvalue weighted by Crippen LogP contribution is -2.33. The summed E-state index contributed by atoms with van der Waals surface area (Å²) in [5.41, 5.74) is 3.14. The van der Waals surface area contributed by atoms with Gasteiger partial charge in [-0.05, 0) is 61.6 Å². The minimum Gasteiger partial charge on any atom is -0.381 e. The van der Waals surface area contributed by atoms with Crippen molar-refractivity contribution in [2.24, 2.45) is 24.8 Å². The minimum absolute atomic E-state index is 0.356. The molecule has 1 aromatic carbocycles. The molecular weight excluding hydrogens is 426 g/mol. The van der Waals surface area contributed by atoms with Gasteiger partial charge in [0, 0.05) is 56.5 Å². The number of hydrogen-bond donors (Lipinski definition) is 1. The topological polar surface area (TPSA) is 91.9 Å². The van der Waals surface area contributed by atoms with Gasteiger partial charge in [-0.25, -0.2) is 0 Å². The van der Waals surface area contributed by atoms with Crippen LogP contribution in [-0.2, 0) is 11.8 Å². The molecule has 1 unspecified atom stereocenters. The van der Waals surface area contributed by atoms with Gasteiger partial charge in [-0.15, -0.1) is 10.2 Å². The highest BCUT2D eigenvalue weighted by Crippen LogP contribution is 2.40. The molecule has 8 heteroatoms. The van der Waals surface area contributed by atoms with Crippen molar-refractivity contribution >= 4 is 16.7 Å². The Hall–Kier alpha value is -3.02. The lowest BCUT2D eigenvalue weighted by atomic mass is 10.0. The van der Waals surface area contributed by atoms with Crippen LogP contribution in [0.1, 0.15) is 31.2 Å². The van der Waals surface area contributed by atoms with Crippen molar-refractivity contribution in [2.45, 2.75) is 31.7 Å². The third-order valence-corrected chi connectivity index (χ3v) is 7.77. The summed E-state index contributed by atoms with van der Waals surface area (Å²) in [6.45, 7) is 5.42. The molecule has 2 saturated heterocycles. The van der Waals surface area contributed by atoms with E-state index in [1.54, 1.807) is 4.68 Å². The van der Waals surface area contributed by atoms with E-state index in [2.05, 4.69) is 31.6 Å². The third kappa shape index (κ3) is 4.26. The summed E-state index contributed by atoms with van der Waals surface area (Å²) in [6.07, 6.45) is 6.76. The van der Waals surface area contributed by atoms with Crippen LogP contribution in [0.4, 0.5) is 5.82 Å². The van der Waals surface area contributed by atoms with Gasteiger partial charge in [-0.1, -0.05) is 6.07 Å². The number of hydrogen-bond acceptors (Lipinski definition) is 7. The molecule has 8 nitrogen and oxygen atoms in total. The average Bonchev–Trinajstić information content (AvgIpc) is 3.51. The van der Waals surface area contributed by atoms with E-state index >= 15 is 0 Å². The van der Waals surface area contributed by atoms with Crippen LogP contribution in [0.15, 0.2) is 30.5 Å². The quantitative estimate of drug-likeness (QED) is 0.627. The second kappa shape index (κ2) is 8.97. The molecule has 2 aromatic heterocycles. The Kier molecular flexibility index (Phi) is 5.67. The van der Waals surface area contributed by atoms with E-state index in [-0.39, 0.29) is 0 Å². The summed E-state index contributed by atoms with van der Waals surface area (Å²) in [6, 6.07) is 10.5. The fraction of sp³-hybridized carbons (Fsp3) is 0.538. The molecule has 3 aromatic rings. The van der Waals surface area contributed by atoms with E-state index in [1.807, 2.05) is 37.5 Å². The molecule has 0 amide bonds. The summed E-state index contributed by atoms with van der Waals surface area (Å²) in [4.78, 5) is 2.65. The fourth-order valence-electron chi connectivity index (χ4n) is 6.21. The highest BCUT2D eigenvalue weighted by atomic mass is 16.5. The maximum absolute atomic E-state index is 9.80. The molecule has 2 aliphatic heterocycles. The predicted octanol–water partition coefficient (Wildman–Crippen LogP) is 3.45. The molecule has 0 bridgehead atoms. The highest BCUT2D eigenvalue weighted by Gasteiger charge is 2.41. The third-order valence-electron chi connectivity index (χ3n) is 7.77. The average molecular weight is 458 g/mol. The zero-order valence-corrected chi connectivity index (χ0v) is 19.7. The molecule has 34 heavy (non-hydrogen) atoms. The number of aryl methyl sites for hydroxylation is 1. The van der Waals surface area contributed by atoms with Crippen molar-refractivity contribution in [1.82, 2.24) is 24.9 Å². The fourth-order valence-corrected chi connectivity index (χ4v) is 6.21. The number of nitrogens with zero attached hydrogens (tertiary/aromatic N) is 6. The van der Waals surface area contributed by atoms with Crippen LogP contribution in [0.5, 0.6) is 0 Å². The first-order chi connectivity index (χ1) is 16.6. The summed E-state index contributed by atoms with van der Waals surface area (Å²) >= 11 is 0. The Labute approximate surface area is 199 Å². The van der Waals surface area contributed by atoms with Crippen LogP contribution >= 0.6 is 0 Å². The van der Waals surface area contributed by atoms with E-state index in [4.69, 9.17) is 4.74 Å². The van der Waals surface area contributed by atoms with Crippen LogP contribution in [0.25, 0.3) is 22.2 Å². The van der Waals surface area contributed by atoms with Crippen LogP contribution in [0.3, 0.4) is 0 Å². The molecule has 1 aliphatic carbocycles. The minimum atomic E-state index is 0.356. The van der Waals surface area contributed by atoms with Crippen molar-refractivity contribution in [3.63, 3.8) is 0 Å². The Bertz CT molecular complexity index is 1210. The number of rotatable bonds is 5. The Morgan fingerprint density at radius 1 is 1.18 bits per heavy atom. The Balaban J connectivity index is 1.10. The second-order valence-electron chi connectivity index (χ2n) is 10.3. The van der Waals surface area contributed by atoms with E-state index in [0.29, 0.717) is 29.0 Å². The first-order valence-electron chi connectivity index (χ1n) is 12.4. The van der Waals surface area contributed by atoms with Crippen LogP contribution in [-0.4, -0.2) is 63.8 Å². The molecule has 3 fully saturated rings. The maximum Gasteiger partial charge on any atom is 0.166 e. The zero-order valence-electron chi connectivity index (χ0n) is 19.7. The van der Waals surface area contributed by atoms with Crippen molar-refractivity contribution < 1.29 is 4.74 Å². The van der Waals surface area contributed by atoms with Gasteiger partial charge in [0.05, 0.1) is 23.4 Å². The van der Waals surface area contributed by atoms with Crippen LogP contribution in [0, 0.1) is 29.1 Å². The molecule has 0 spiro atoms. The van der Waals surface area contributed by atoms with Gasteiger partial charge in [-0.3, -0.25) is 4.68 Å². The van der Waals surface area contributed by atoms with Gasteiger partial charge in [0.15, 0.2) is 5.82 Å². The molecule has 1 saturated carbocycles. The molecule has 1 N–H and O–H groups in total. The van der Waals surface area contributed by atoms with E-state index in [9.17, 15) is 5.26 Å². The smallest absolute Gasteiger partial charge is 0.166 e. The van der Waals surface area contributed by atoms with E-state index < -0.39 is 0 Å². The standard InChI is InChI=1S/C26H31N7O/c1-32-13-22-7-18(4-5-24(22)31-32)25-10-19(11-27)26(30-29-25)28-23-8-20-14-33(15-21(20)9-23)12-17-3-2-6-34-16-17/h4-5,7,10,13,17,20-21,23H,2-3,6,8-9,12,14-16H2,1H3,(H,28,30)/t17?,20-,21+,23+. The lowest BCUT2D eigenvalue weighted by molar-refractivity contribution is 0.0407. The number of benzene rings is 1. The number of aromatic nitrogens is 4. The van der Waals surface area contributed by atoms with Crippen molar-refractivity contribution in [1.29, 1.82) is 5.26 Å². The van der Waals surface area contributed by atoms with Gasteiger partial charge in [0.25, 0.3) is 0 Å². The summed E-state index contributed by atoms with van der Waals surface area (Å²) in [7, 11) is 1.91. The number of fused-ring (bicyclic) bond motifs is 2. The largest absolute Gasteiger partial charge is 0.381 e. The zero-order chi connectivity index (χ0) is 23.1. The van der Waals surface area contributed by atoms with Crippen molar-refractivity contribution in [2.75, 3.05) is 38.2 Å². The van der Waals surface area contributed by atoms with E-state index in [1.165, 1.54) is 32.5 Å². The Morgan fingerprint density at radius 3 is 2.79 bits per heavy atom. The predicted molar refractivity (Wildman–Crippen MR) is 130 cm³/mol. The van der Waals surface area contributed by atoms with Crippen molar-refractivity contribution in [3.8, 4) is 17.3 Å². The number of nitrogens with one attached hydrogen (secondary N) is 1. The SMILES string of the molecule is Cn1cc2cc(-c3cc(C#N)c(N[C@H]4C[C@@H]5CN(CC6CCCOC6)C[C@@H]5C4)nn3)ccc2n1. The molecule has 3 aliphatic rings. The number of anilines is 1. The molecule has 0 radical (unpaired) electrons. The van der Waals surface area contributed by atoms with Crippen LogP contribution < -0.4 is 5.32 Å². The number of likely N-dealkylation sites (tertiary alicyclic amines) is 1. The summed E-state index contributed by atoms with van der Waals surface area (Å²) in [5.74, 6) is 2.76. The summed E-state index contributed by atoms with van der Waals surface area (Å²) < 4.78 is 7.47. The van der Waals surface area contributed by atoms with Crippen molar-refractivity contribution in [3.05, 3.63) is 36.0 Å². The van der Waals surface area contributed by atoms with Gasteiger partial charge in [-0.2, -0.15) is 10.4 Å². The summed E-state index contributed by atoms with van der Waals surface area (Å²) in [5, 5.41) is 27.7. The monoisotopic (exact) mass is 457 g/mol.